The topological polar surface area (TPSA) is 74.6 Å². The van der Waals surface area contributed by atoms with Gasteiger partial charge in [0.1, 0.15) is 11.5 Å². The van der Waals surface area contributed by atoms with E-state index in [2.05, 4.69) is 0 Å². The summed E-state index contributed by atoms with van der Waals surface area (Å²) in [6.07, 6.45) is 8.83. The van der Waals surface area contributed by atoms with Gasteiger partial charge in [0.25, 0.3) is 0 Å². The molecule has 0 bridgehead atoms. The summed E-state index contributed by atoms with van der Waals surface area (Å²) in [4.78, 5) is 24.5. The number of benzene rings is 2. The summed E-state index contributed by atoms with van der Waals surface area (Å²) in [5, 5.41) is 20.4. The second-order valence-electron chi connectivity index (χ2n) is 7.57. The third-order valence-corrected chi connectivity index (χ3v) is 5.38. The predicted molar refractivity (Wildman–Crippen MR) is 126 cm³/mol. The van der Waals surface area contributed by atoms with E-state index in [1.807, 2.05) is 52.0 Å². The van der Waals surface area contributed by atoms with Crippen LogP contribution in [0.15, 0.2) is 36.4 Å². The number of aryl methyl sites for hydroxylation is 4. The summed E-state index contributed by atoms with van der Waals surface area (Å²) in [7, 11) is 0. The molecule has 0 aliphatic carbocycles. The van der Waals surface area contributed by atoms with Gasteiger partial charge < -0.3 is 10.2 Å². The van der Waals surface area contributed by atoms with Crippen LogP contribution in [0.4, 0.5) is 0 Å². The van der Waals surface area contributed by atoms with Crippen LogP contribution < -0.4 is 0 Å². The fourth-order valence-electron chi connectivity index (χ4n) is 3.51. The quantitative estimate of drug-likeness (QED) is 0.387. The molecule has 0 heterocycles. The number of hydrogen-bond acceptors (Lipinski definition) is 4. The van der Waals surface area contributed by atoms with Crippen LogP contribution in [-0.2, 0) is 35.3 Å². The summed E-state index contributed by atoms with van der Waals surface area (Å²) in [6.45, 7) is 7.89. The molecule has 0 spiro atoms. The highest BCUT2D eigenvalue weighted by Gasteiger charge is 2.09. The normalized spacial score (nSPS) is 11.5. The zero-order chi connectivity index (χ0) is 23.0. The molecule has 4 heteroatoms. The molecular formula is C27H32O4. The van der Waals surface area contributed by atoms with E-state index in [0.29, 0.717) is 37.2 Å². The Morgan fingerprint density at radius 3 is 1.19 bits per heavy atom. The van der Waals surface area contributed by atoms with Crippen LogP contribution in [-0.4, -0.2) is 21.8 Å². The van der Waals surface area contributed by atoms with E-state index in [4.69, 9.17) is 0 Å². The van der Waals surface area contributed by atoms with Crippen LogP contribution in [0.25, 0.3) is 12.2 Å². The number of phenols is 2. The third-order valence-electron chi connectivity index (χ3n) is 5.38. The number of aromatic hydroxyl groups is 2. The number of carbonyl (C=O) groups is 2. The molecule has 4 nitrogen and oxygen atoms in total. The molecule has 0 amide bonds. The minimum Gasteiger partial charge on any atom is -0.507 e. The molecule has 0 aromatic heterocycles. The number of rotatable bonds is 10. The molecular weight excluding hydrogens is 388 g/mol. The van der Waals surface area contributed by atoms with Gasteiger partial charge in [-0.1, -0.05) is 39.8 Å². The van der Waals surface area contributed by atoms with Gasteiger partial charge in [0.2, 0.25) is 0 Å². The van der Waals surface area contributed by atoms with Gasteiger partial charge in [-0.05, 0) is 95.5 Å². The molecule has 0 radical (unpaired) electrons. The maximum Gasteiger partial charge on any atom is 0.163 e. The first-order valence-electron chi connectivity index (χ1n) is 10.9. The van der Waals surface area contributed by atoms with Crippen molar-refractivity contribution in [2.75, 3.05) is 0 Å². The zero-order valence-corrected chi connectivity index (χ0v) is 18.9. The molecule has 0 saturated heterocycles. The van der Waals surface area contributed by atoms with Crippen LogP contribution in [0.5, 0.6) is 11.5 Å². The molecule has 0 saturated carbocycles. The molecule has 2 aromatic carbocycles. The first-order valence-corrected chi connectivity index (χ1v) is 10.9. The maximum atomic E-state index is 12.2. The van der Waals surface area contributed by atoms with Gasteiger partial charge in [0, 0.05) is 0 Å². The van der Waals surface area contributed by atoms with Crippen molar-refractivity contribution in [3.05, 3.63) is 69.8 Å². The zero-order valence-electron chi connectivity index (χ0n) is 18.9. The predicted octanol–water partition coefficient (Wildman–Crippen LogP) is 5.60. The maximum absolute atomic E-state index is 12.2. The molecule has 0 atom stereocenters. The van der Waals surface area contributed by atoms with Gasteiger partial charge in [0.15, 0.2) is 11.6 Å². The van der Waals surface area contributed by atoms with Crippen molar-refractivity contribution in [1.29, 1.82) is 0 Å². The summed E-state index contributed by atoms with van der Waals surface area (Å²) >= 11 is 0. The summed E-state index contributed by atoms with van der Waals surface area (Å²) in [5.41, 5.74) is 5.06. The molecule has 0 aliphatic rings. The number of allylic oxidation sites excluding steroid dienone is 2. The van der Waals surface area contributed by atoms with Crippen molar-refractivity contribution in [3.8, 4) is 11.5 Å². The fraction of sp³-hybridized carbons (Fsp3) is 0.333. The van der Waals surface area contributed by atoms with Gasteiger partial charge in [0.05, 0.1) is 6.42 Å². The molecule has 2 rings (SSSR count). The van der Waals surface area contributed by atoms with Gasteiger partial charge >= 0.3 is 0 Å². The Balaban J connectivity index is 2.07. The van der Waals surface area contributed by atoms with Crippen molar-refractivity contribution < 1.29 is 19.8 Å². The lowest BCUT2D eigenvalue weighted by Crippen LogP contribution is -2.02. The van der Waals surface area contributed by atoms with Crippen LogP contribution in [0.2, 0.25) is 0 Å². The van der Waals surface area contributed by atoms with Gasteiger partial charge in [-0.25, -0.2) is 0 Å². The van der Waals surface area contributed by atoms with Crippen molar-refractivity contribution in [2.45, 2.75) is 59.8 Å². The summed E-state index contributed by atoms with van der Waals surface area (Å²) in [5.74, 6) is 0.0991. The Labute approximate surface area is 184 Å². The van der Waals surface area contributed by atoms with Crippen molar-refractivity contribution in [1.82, 2.24) is 0 Å². The van der Waals surface area contributed by atoms with Gasteiger partial charge in [-0.2, -0.15) is 0 Å². The monoisotopic (exact) mass is 420 g/mol. The Morgan fingerprint density at radius 2 is 0.935 bits per heavy atom. The first-order chi connectivity index (χ1) is 14.8. The highest BCUT2D eigenvalue weighted by atomic mass is 16.3. The van der Waals surface area contributed by atoms with E-state index >= 15 is 0 Å². The molecule has 31 heavy (non-hydrogen) atoms. The smallest absolute Gasteiger partial charge is 0.163 e. The minimum atomic E-state index is -0.270. The Morgan fingerprint density at radius 1 is 0.645 bits per heavy atom. The fourth-order valence-corrected chi connectivity index (χ4v) is 3.51. The number of carbonyl (C=O) groups excluding carboxylic acids is 2. The summed E-state index contributed by atoms with van der Waals surface area (Å²) in [6, 6.07) is 7.45. The van der Waals surface area contributed by atoms with E-state index in [0.717, 1.165) is 33.4 Å². The molecule has 0 aliphatic heterocycles. The highest BCUT2D eigenvalue weighted by Crippen LogP contribution is 2.27. The van der Waals surface area contributed by atoms with E-state index in [9.17, 15) is 19.8 Å². The molecule has 164 valence electrons. The Bertz CT molecular complexity index is 880. The molecule has 2 aromatic rings. The number of hydrogen-bond donors (Lipinski definition) is 2. The summed E-state index contributed by atoms with van der Waals surface area (Å²) < 4.78 is 0. The van der Waals surface area contributed by atoms with Crippen molar-refractivity contribution >= 4 is 23.7 Å². The number of ketones is 2. The first kappa shape index (κ1) is 24.1. The lowest BCUT2D eigenvalue weighted by atomic mass is 9.99. The highest BCUT2D eigenvalue weighted by molar-refractivity contribution is 6.10. The van der Waals surface area contributed by atoms with E-state index in [1.165, 1.54) is 12.2 Å². The second kappa shape index (κ2) is 11.3. The van der Waals surface area contributed by atoms with Gasteiger partial charge in [-0.15, -0.1) is 0 Å². The molecule has 2 N–H and O–H groups in total. The number of phenolic OH excluding ortho intramolecular Hbond substituents is 2. The van der Waals surface area contributed by atoms with Crippen LogP contribution in [0.3, 0.4) is 0 Å². The second-order valence-corrected chi connectivity index (χ2v) is 7.57. The standard InChI is InChI=1S/C27H32O4/c1-5-20-13-18(14-21(6-2)26(20)30)9-11-24(28)17-25(29)12-10-19-15-22(7-3)27(31)23(8-4)16-19/h9-16,30-31H,5-8,17H2,1-4H3/b11-9+,12-10+. The van der Waals surface area contributed by atoms with E-state index in [1.54, 1.807) is 12.2 Å². The SMILES string of the molecule is CCc1cc(/C=C/C(=O)CC(=O)/C=C/c2cc(CC)c(O)c(CC)c2)cc(CC)c1O. The van der Waals surface area contributed by atoms with E-state index < -0.39 is 0 Å². The minimum absolute atomic E-state index is 0.203. The van der Waals surface area contributed by atoms with Crippen LogP contribution >= 0.6 is 0 Å². The lowest BCUT2D eigenvalue weighted by molar-refractivity contribution is -0.121. The Kier molecular flexibility index (Phi) is 8.80. The molecule has 0 unspecified atom stereocenters. The van der Waals surface area contributed by atoms with E-state index in [-0.39, 0.29) is 18.0 Å². The third kappa shape index (κ3) is 6.42. The molecule has 0 fully saturated rings. The largest absolute Gasteiger partial charge is 0.507 e. The average Bonchev–Trinajstić information content (AvgIpc) is 2.77. The average molecular weight is 421 g/mol. The lowest BCUT2D eigenvalue weighted by Gasteiger charge is -2.09. The van der Waals surface area contributed by atoms with Crippen LogP contribution in [0, 0.1) is 0 Å². The van der Waals surface area contributed by atoms with Gasteiger partial charge in [-0.3, -0.25) is 9.59 Å². The van der Waals surface area contributed by atoms with Crippen LogP contribution in [0.1, 0.15) is 67.5 Å². The van der Waals surface area contributed by atoms with Crippen molar-refractivity contribution in [3.63, 3.8) is 0 Å². The Hall–Kier alpha value is -3.14. The van der Waals surface area contributed by atoms with Crippen molar-refractivity contribution in [2.24, 2.45) is 0 Å².